The summed E-state index contributed by atoms with van der Waals surface area (Å²) in [5.41, 5.74) is 6.72. The molecule has 6 heteroatoms. The van der Waals surface area contributed by atoms with Crippen molar-refractivity contribution in [2.24, 2.45) is 5.92 Å². The Morgan fingerprint density at radius 2 is 1.83 bits per heavy atom. The number of hydrogen-bond acceptors (Lipinski definition) is 5. The summed E-state index contributed by atoms with van der Waals surface area (Å²) in [5.74, 6) is 1.59. The van der Waals surface area contributed by atoms with Crippen molar-refractivity contribution in [3.05, 3.63) is 41.1 Å². The van der Waals surface area contributed by atoms with E-state index in [1.165, 1.54) is 17.5 Å². The van der Waals surface area contributed by atoms with Gasteiger partial charge in [0, 0.05) is 22.9 Å². The Bertz CT molecular complexity index is 967. The molecule has 0 unspecified atom stereocenters. The van der Waals surface area contributed by atoms with E-state index in [1.54, 1.807) is 11.8 Å². The Labute approximate surface area is 191 Å². The van der Waals surface area contributed by atoms with Crippen molar-refractivity contribution in [3.63, 3.8) is 0 Å². The monoisotopic (exact) mass is 445 g/mol. The van der Waals surface area contributed by atoms with E-state index in [0.717, 1.165) is 38.9 Å². The highest BCUT2D eigenvalue weighted by atomic mass is 32.2. The molecule has 0 amide bonds. The first-order valence-corrected chi connectivity index (χ1v) is 12.4. The number of rotatable bonds is 7. The van der Waals surface area contributed by atoms with Gasteiger partial charge in [-0.05, 0) is 44.1 Å². The lowest BCUT2D eigenvalue weighted by molar-refractivity contribution is 0.0927. The van der Waals surface area contributed by atoms with Gasteiger partial charge in [0.25, 0.3) is 0 Å². The fraction of sp³-hybridized carbons (Fsp3) is 0.500. The molecule has 0 bridgehead atoms. The Kier molecular flexibility index (Phi) is 9.72. The van der Waals surface area contributed by atoms with Gasteiger partial charge in [0.15, 0.2) is 5.16 Å². The van der Waals surface area contributed by atoms with Gasteiger partial charge in [-0.15, -0.1) is 0 Å². The zero-order chi connectivity index (χ0) is 22.3. The summed E-state index contributed by atoms with van der Waals surface area (Å²) in [6.07, 6.45) is 5.40. The first kappa shape index (κ1) is 24.8. The van der Waals surface area contributed by atoms with Crippen LogP contribution in [-0.2, 0) is 11.5 Å². The molecule has 0 aliphatic rings. The summed E-state index contributed by atoms with van der Waals surface area (Å²) in [7, 11) is 0. The number of hydrogen-bond donors (Lipinski definition) is 1. The molecule has 2 heterocycles. The van der Waals surface area contributed by atoms with Crippen molar-refractivity contribution in [2.75, 3.05) is 18.6 Å². The number of fused-ring (bicyclic) bond motifs is 1. The van der Waals surface area contributed by atoms with Crippen molar-refractivity contribution in [1.82, 2.24) is 14.5 Å². The van der Waals surface area contributed by atoms with Crippen LogP contribution < -0.4 is 0 Å². The summed E-state index contributed by atoms with van der Waals surface area (Å²) in [5, 5.41) is 1.87. The van der Waals surface area contributed by atoms with E-state index in [0.29, 0.717) is 19.1 Å². The molecule has 0 atom stereocenters. The zero-order valence-electron chi connectivity index (χ0n) is 19.3. The summed E-state index contributed by atoms with van der Waals surface area (Å²) in [6.45, 7) is 14.1. The van der Waals surface area contributed by atoms with Crippen molar-refractivity contribution >= 4 is 35.4 Å². The van der Waals surface area contributed by atoms with E-state index >= 15 is 0 Å². The van der Waals surface area contributed by atoms with Gasteiger partial charge in [-0.25, -0.2) is 9.97 Å². The van der Waals surface area contributed by atoms with Gasteiger partial charge < -0.3 is 9.30 Å². The number of nitrogens with zero attached hydrogens (tertiary/aromatic N) is 3. The highest BCUT2D eigenvalue weighted by Gasteiger charge is 2.17. The van der Waals surface area contributed by atoms with Crippen LogP contribution in [0.3, 0.4) is 0 Å². The zero-order valence-corrected chi connectivity index (χ0v) is 21.0. The molecule has 2 aromatic heterocycles. The molecule has 30 heavy (non-hydrogen) atoms. The third kappa shape index (κ3) is 6.25. The van der Waals surface area contributed by atoms with Gasteiger partial charge in [0.1, 0.15) is 12.4 Å². The molecule has 0 saturated heterocycles. The maximum absolute atomic E-state index is 5.67. The topological polar surface area (TPSA) is 39.9 Å². The van der Waals surface area contributed by atoms with Gasteiger partial charge in [0.2, 0.25) is 0 Å². The van der Waals surface area contributed by atoms with Crippen LogP contribution in [0.1, 0.15) is 43.9 Å². The Morgan fingerprint density at radius 1 is 1.13 bits per heavy atom. The van der Waals surface area contributed by atoms with Crippen LogP contribution in [0.4, 0.5) is 0 Å². The normalized spacial score (nSPS) is 11.1. The Morgan fingerprint density at radius 3 is 2.40 bits per heavy atom. The minimum absolute atomic E-state index is 0.474. The summed E-state index contributed by atoms with van der Waals surface area (Å²) < 4.78 is 7.73. The van der Waals surface area contributed by atoms with E-state index < -0.39 is 0 Å². The molecule has 3 aromatic rings. The van der Waals surface area contributed by atoms with Crippen molar-refractivity contribution in [2.45, 2.75) is 59.9 Å². The Hall–Kier alpha value is -1.50. The van der Waals surface area contributed by atoms with Gasteiger partial charge in [-0.2, -0.15) is 12.6 Å². The molecule has 164 valence electrons. The molecule has 0 aliphatic carbocycles. The van der Waals surface area contributed by atoms with Gasteiger partial charge in [0.05, 0.1) is 12.3 Å². The molecule has 0 spiro atoms. The minimum Gasteiger partial charge on any atom is -0.360 e. The molecular weight excluding hydrogens is 410 g/mol. The third-order valence-electron chi connectivity index (χ3n) is 4.99. The van der Waals surface area contributed by atoms with Gasteiger partial charge in [-0.1, -0.05) is 62.7 Å². The molecule has 0 N–H and O–H groups in total. The molecule has 1 aromatic carbocycles. The molecule has 3 rings (SSSR count). The quantitative estimate of drug-likeness (QED) is 0.190. The Balaban J connectivity index is 0.000000575. The lowest BCUT2D eigenvalue weighted by Crippen LogP contribution is -2.05. The highest BCUT2D eigenvalue weighted by Crippen LogP contribution is 2.33. The van der Waals surface area contributed by atoms with Crippen LogP contribution in [0.15, 0.2) is 29.6 Å². The first-order chi connectivity index (χ1) is 14.3. The van der Waals surface area contributed by atoms with Crippen molar-refractivity contribution in [3.8, 4) is 11.3 Å². The van der Waals surface area contributed by atoms with Gasteiger partial charge in [-0.3, -0.25) is 0 Å². The average Bonchev–Trinajstić information content (AvgIpc) is 3.03. The number of ether oxygens (including phenoxy) is 1. The number of thiol groups is 1. The number of thioether (sulfide) groups is 1. The van der Waals surface area contributed by atoms with E-state index in [9.17, 15) is 0 Å². The van der Waals surface area contributed by atoms with Crippen molar-refractivity contribution < 1.29 is 4.74 Å². The van der Waals surface area contributed by atoms with Crippen LogP contribution in [0, 0.1) is 26.7 Å². The largest absolute Gasteiger partial charge is 0.360 e. The maximum Gasteiger partial charge on any atom is 0.189 e. The lowest BCUT2D eigenvalue weighted by Gasteiger charge is -2.11. The van der Waals surface area contributed by atoms with Crippen molar-refractivity contribution in [1.29, 1.82) is 0 Å². The standard InChI is InChI=1S/C19H23N3OS2.C5H12/c1-12-5-6-15(13(2)9-12)17-16-14(3)10-22(11-23-7-8-24)18(16)21-19(20-17)25-4;1-4-5(2)3/h5-6,9-10,24H,7-8,11H2,1-4H3;5H,4H2,1-3H3. The van der Waals surface area contributed by atoms with Crippen LogP contribution in [-0.4, -0.2) is 33.2 Å². The van der Waals surface area contributed by atoms with E-state index in [4.69, 9.17) is 14.7 Å². The molecule has 0 radical (unpaired) electrons. The smallest absolute Gasteiger partial charge is 0.189 e. The first-order valence-electron chi connectivity index (χ1n) is 10.5. The summed E-state index contributed by atoms with van der Waals surface area (Å²) in [4.78, 5) is 9.58. The molecule has 4 nitrogen and oxygen atoms in total. The highest BCUT2D eigenvalue weighted by molar-refractivity contribution is 7.98. The molecule has 0 saturated carbocycles. The van der Waals surface area contributed by atoms with Crippen LogP contribution >= 0.6 is 24.4 Å². The van der Waals surface area contributed by atoms with Gasteiger partial charge >= 0.3 is 0 Å². The number of aryl methyl sites for hydroxylation is 3. The number of aromatic nitrogens is 3. The predicted molar refractivity (Wildman–Crippen MR) is 134 cm³/mol. The second-order valence-corrected chi connectivity index (χ2v) is 9.14. The molecule has 0 aliphatic heterocycles. The second-order valence-electron chi connectivity index (χ2n) is 7.92. The SMILES string of the molecule is CCC(C)C.CSc1nc(-c2ccc(C)cc2C)c2c(C)cn(COCCS)c2n1. The molecule has 0 fully saturated rings. The fourth-order valence-corrected chi connectivity index (χ4v) is 3.54. The third-order valence-corrected chi connectivity index (χ3v) is 5.72. The molecular formula is C24H35N3OS2. The lowest BCUT2D eigenvalue weighted by atomic mass is 10.0. The van der Waals surface area contributed by atoms with Crippen LogP contribution in [0.25, 0.3) is 22.3 Å². The average molecular weight is 446 g/mol. The summed E-state index contributed by atoms with van der Waals surface area (Å²) >= 11 is 5.76. The van der Waals surface area contributed by atoms with E-state index in [2.05, 4.69) is 83.1 Å². The van der Waals surface area contributed by atoms with E-state index in [1.807, 2.05) is 6.26 Å². The number of benzene rings is 1. The predicted octanol–water partition coefficient (Wildman–Crippen LogP) is 6.70. The van der Waals surface area contributed by atoms with E-state index in [-0.39, 0.29) is 0 Å². The fourth-order valence-electron chi connectivity index (χ4n) is 3.05. The second kappa shape index (κ2) is 11.8. The maximum atomic E-state index is 5.67. The van der Waals surface area contributed by atoms with Crippen LogP contribution in [0.2, 0.25) is 0 Å². The van der Waals surface area contributed by atoms with Crippen LogP contribution in [0.5, 0.6) is 0 Å². The summed E-state index contributed by atoms with van der Waals surface area (Å²) in [6, 6.07) is 6.49. The minimum atomic E-state index is 0.474.